The van der Waals surface area contributed by atoms with Crippen molar-refractivity contribution in [2.75, 3.05) is 0 Å². The molecular weight excluding hydrogens is 202 g/mol. The van der Waals surface area contributed by atoms with Crippen LogP contribution in [0.1, 0.15) is 12.5 Å². The molecule has 1 aromatic rings. The molecule has 0 unspecified atom stereocenters. The van der Waals surface area contributed by atoms with Crippen LogP contribution in [0.15, 0.2) is 18.2 Å². The van der Waals surface area contributed by atoms with E-state index in [-0.39, 0.29) is 12.3 Å². The molecule has 0 amide bonds. The van der Waals surface area contributed by atoms with Crippen LogP contribution in [0.3, 0.4) is 0 Å². The van der Waals surface area contributed by atoms with Gasteiger partial charge < -0.3 is 9.84 Å². The maximum Gasteiger partial charge on any atom is 0.310 e. The Morgan fingerprint density at radius 2 is 2.27 bits per heavy atom. The molecule has 0 heterocycles. The number of nitro groups is 1. The second kappa shape index (κ2) is 4.41. The van der Waals surface area contributed by atoms with E-state index in [0.717, 1.165) is 6.07 Å². The number of nitrogens with zero attached hydrogens (tertiary/aromatic N) is 1. The highest BCUT2D eigenvalue weighted by Gasteiger charge is 2.12. The lowest BCUT2D eigenvalue weighted by molar-refractivity contribution is -0.385. The molecule has 0 aliphatic heterocycles. The van der Waals surface area contributed by atoms with Gasteiger partial charge in [-0.1, -0.05) is 0 Å². The van der Waals surface area contributed by atoms with Gasteiger partial charge in [0.25, 0.3) is 0 Å². The SMILES string of the molecule is CC(=O)OCc1ccc([N+](=O)[O-])c(O)c1. The van der Waals surface area contributed by atoms with Crippen molar-refractivity contribution in [1.29, 1.82) is 0 Å². The van der Waals surface area contributed by atoms with Gasteiger partial charge in [0.1, 0.15) is 6.61 Å². The lowest BCUT2D eigenvalue weighted by Gasteiger charge is -2.02. The predicted octanol–water partition coefficient (Wildman–Crippen LogP) is 1.36. The van der Waals surface area contributed by atoms with Gasteiger partial charge in [-0.25, -0.2) is 0 Å². The number of phenolic OH excluding ortho intramolecular Hbond substituents is 1. The topological polar surface area (TPSA) is 89.7 Å². The average Bonchev–Trinajstić information content (AvgIpc) is 2.14. The van der Waals surface area contributed by atoms with Crippen molar-refractivity contribution in [1.82, 2.24) is 0 Å². The maximum absolute atomic E-state index is 10.5. The number of aromatic hydroxyl groups is 1. The van der Waals surface area contributed by atoms with E-state index in [1.807, 2.05) is 0 Å². The lowest BCUT2D eigenvalue weighted by atomic mass is 10.2. The van der Waals surface area contributed by atoms with E-state index in [1.54, 1.807) is 0 Å². The summed E-state index contributed by atoms with van der Waals surface area (Å²) in [6, 6.07) is 3.77. The first-order valence-corrected chi connectivity index (χ1v) is 4.10. The molecule has 80 valence electrons. The number of carbonyl (C=O) groups is 1. The van der Waals surface area contributed by atoms with Gasteiger partial charge in [-0.15, -0.1) is 0 Å². The molecule has 1 rings (SSSR count). The molecule has 15 heavy (non-hydrogen) atoms. The molecule has 0 aromatic heterocycles. The van der Waals surface area contributed by atoms with Gasteiger partial charge in [-0.2, -0.15) is 0 Å². The van der Waals surface area contributed by atoms with Crippen molar-refractivity contribution in [2.24, 2.45) is 0 Å². The van der Waals surface area contributed by atoms with Gasteiger partial charge in [0.15, 0.2) is 5.75 Å². The second-order valence-electron chi connectivity index (χ2n) is 2.86. The minimum absolute atomic E-state index is 0.0130. The number of nitro benzene ring substituents is 1. The highest BCUT2D eigenvalue weighted by Crippen LogP contribution is 2.26. The minimum Gasteiger partial charge on any atom is -0.502 e. The molecule has 0 atom stereocenters. The van der Waals surface area contributed by atoms with Gasteiger partial charge in [-0.05, 0) is 17.7 Å². The van der Waals surface area contributed by atoms with Crippen molar-refractivity contribution in [2.45, 2.75) is 13.5 Å². The van der Waals surface area contributed by atoms with Crippen molar-refractivity contribution in [3.8, 4) is 5.75 Å². The summed E-state index contributed by atoms with van der Waals surface area (Å²) in [5, 5.41) is 19.6. The second-order valence-corrected chi connectivity index (χ2v) is 2.86. The predicted molar refractivity (Wildman–Crippen MR) is 50.2 cm³/mol. The summed E-state index contributed by atoms with van der Waals surface area (Å²) in [5.41, 5.74) is 0.120. The van der Waals surface area contributed by atoms with Crippen LogP contribution in [-0.4, -0.2) is 16.0 Å². The molecule has 0 saturated carbocycles. The number of rotatable bonds is 3. The van der Waals surface area contributed by atoms with Gasteiger partial charge in [0.05, 0.1) is 4.92 Å². The van der Waals surface area contributed by atoms with Gasteiger partial charge in [-0.3, -0.25) is 14.9 Å². The molecule has 0 bridgehead atoms. The van der Waals surface area contributed by atoms with Crippen LogP contribution in [-0.2, 0) is 16.1 Å². The summed E-state index contributed by atoms with van der Waals surface area (Å²) in [5.74, 6) is -0.891. The fraction of sp³-hybridized carbons (Fsp3) is 0.222. The molecular formula is C9H9NO5. The first-order valence-electron chi connectivity index (χ1n) is 4.10. The van der Waals surface area contributed by atoms with Crippen LogP contribution in [0.4, 0.5) is 5.69 Å². The van der Waals surface area contributed by atoms with Gasteiger partial charge in [0.2, 0.25) is 0 Å². The smallest absolute Gasteiger partial charge is 0.310 e. The van der Waals surface area contributed by atoms with Crippen molar-refractivity contribution >= 4 is 11.7 Å². The zero-order valence-corrected chi connectivity index (χ0v) is 7.97. The molecule has 0 saturated heterocycles. The third-order valence-corrected chi connectivity index (χ3v) is 1.68. The van der Waals surface area contributed by atoms with E-state index in [2.05, 4.69) is 4.74 Å². The standard InChI is InChI=1S/C9H9NO5/c1-6(11)15-5-7-2-3-8(10(13)14)9(12)4-7/h2-4,12H,5H2,1H3. The maximum atomic E-state index is 10.5. The number of benzene rings is 1. The largest absolute Gasteiger partial charge is 0.502 e. The summed E-state index contributed by atoms with van der Waals surface area (Å²) in [6.45, 7) is 1.24. The zero-order valence-electron chi connectivity index (χ0n) is 7.97. The quantitative estimate of drug-likeness (QED) is 0.463. The van der Waals surface area contributed by atoms with E-state index >= 15 is 0 Å². The van der Waals surface area contributed by atoms with E-state index in [1.165, 1.54) is 19.1 Å². The Kier molecular flexibility index (Phi) is 3.22. The Labute approximate surface area is 85.2 Å². The summed E-state index contributed by atoms with van der Waals surface area (Å²) < 4.78 is 4.66. The number of hydrogen-bond donors (Lipinski definition) is 1. The van der Waals surface area contributed by atoms with Crippen molar-refractivity contribution in [3.63, 3.8) is 0 Å². The third kappa shape index (κ3) is 2.94. The number of phenols is 1. The Bertz CT molecular complexity index is 401. The highest BCUT2D eigenvalue weighted by molar-refractivity contribution is 5.66. The molecule has 0 spiro atoms. The summed E-state index contributed by atoms with van der Waals surface area (Å²) in [4.78, 5) is 20.2. The number of carbonyl (C=O) groups excluding carboxylic acids is 1. The summed E-state index contributed by atoms with van der Waals surface area (Å²) in [7, 11) is 0. The van der Waals surface area contributed by atoms with Crippen LogP contribution in [0, 0.1) is 10.1 Å². The normalized spacial score (nSPS) is 9.67. The summed E-state index contributed by atoms with van der Waals surface area (Å²) in [6.07, 6.45) is 0. The highest BCUT2D eigenvalue weighted by atomic mass is 16.6. The number of hydrogen-bond acceptors (Lipinski definition) is 5. The van der Waals surface area contributed by atoms with Crippen molar-refractivity contribution in [3.05, 3.63) is 33.9 Å². The average molecular weight is 211 g/mol. The van der Waals surface area contributed by atoms with E-state index in [0.29, 0.717) is 5.56 Å². The molecule has 6 nitrogen and oxygen atoms in total. The van der Waals surface area contributed by atoms with Crippen LogP contribution < -0.4 is 0 Å². The van der Waals surface area contributed by atoms with Crippen LogP contribution in [0.25, 0.3) is 0 Å². The summed E-state index contributed by atoms with van der Waals surface area (Å²) >= 11 is 0. The van der Waals surface area contributed by atoms with Gasteiger partial charge >= 0.3 is 11.7 Å². The number of esters is 1. The number of ether oxygens (including phenoxy) is 1. The van der Waals surface area contributed by atoms with Crippen LogP contribution >= 0.6 is 0 Å². The molecule has 0 radical (unpaired) electrons. The zero-order chi connectivity index (χ0) is 11.4. The molecule has 0 aliphatic rings. The van der Waals surface area contributed by atoms with Gasteiger partial charge in [0, 0.05) is 13.0 Å². The molecule has 6 heteroatoms. The van der Waals surface area contributed by atoms with E-state index in [9.17, 15) is 20.0 Å². The molecule has 0 fully saturated rings. The lowest BCUT2D eigenvalue weighted by Crippen LogP contribution is -1.99. The fourth-order valence-electron chi connectivity index (χ4n) is 0.998. The molecule has 0 aliphatic carbocycles. The third-order valence-electron chi connectivity index (χ3n) is 1.68. The van der Waals surface area contributed by atoms with E-state index in [4.69, 9.17) is 0 Å². The Hall–Kier alpha value is -2.11. The Balaban J connectivity index is 2.82. The van der Waals surface area contributed by atoms with Crippen LogP contribution in [0.2, 0.25) is 0 Å². The monoisotopic (exact) mass is 211 g/mol. The molecule has 1 aromatic carbocycles. The fourth-order valence-corrected chi connectivity index (χ4v) is 0.998. The van der Waals surface area contributed by atoms with Crippen LogP contribution in [0.5, 0.6) is 5.75 Å². The Morgan fingerprint density at radius 3 is 2.73 bits per heavy atom. The molecule has 1 N–H and O–H groups in total. The first-order chi connectivity index (χ1) is 7.00. The minimum atomic E-state index is -0.690. The van der Waals surface area contributed by atoms with Crippen molar-refractivity contribution < 1.29 is 19.6 Å². The first kappa shape index (κ1) is 11.0. The Morgan fingerprint density at radius 1 is 1.60 bits per heavy atom. The van der Waals surface area contributed by atoms with E-state index < -0.39 is 16.6 Å².